The number of aromatic nitrogens is 2. The number of benzene rings is 1. The molecule has 20 heavy (non-hydrogen) atoms. The molecule has 2 rings (SSSR count). The Labute approximate surface area is 117 Å². The van der Waals surface area contributed by atoms with Crippen molar-refractivity contribution in [2.24, 2.45) is 0 Å². The highest BCUT2D eigenvalue weighted by atomic mass is 16.4. The molecule has 1 amide bonds. The van der Waals surface area contributed by atoms with Crippen LogP contribution in [0.1, 0.15) is 5.69 Å². The van der Waals surface area contributed by atoms with Crippen LogP contribution in [0.4, 0.5) is 22.2 Å². The molecule has 6 nitrogen and oxygen atoms in total. The molecule has 0 saturated carbocycles. The molecule has 1 heterocycles. The van der Waals surface area contributed by atoms with E-state index in [0.717, 1.165) is 4.90 Å². The van der Waals surface area contributed by atoms with Gasteiger partial charge in [0.05, 0.1) is 5.69 Å². The molecule has 6 heteroatoms. The third kappa shape index (κ3) is 2.85. The lowest BCUT2D eigenvalue weighted by molar-refractivity contribution is 0.204. The first-order chi connectivity index (χ1) is 9.49. The summed E-state index contributed by atoms with van der Waals surface area (Å²) < 4.78 is 0. The maximum Gasteiger partial charge on any atom is 0.418 e. The van der Waals surface area contributed by atoms with Crippen molar-refractivity contribution in [2.45, 2.75) is 6.92 Å². The number of hydrogen-bond donors (Lipinski definition) is 1. The molecule has 0 bridgehead atoms. The van der Waals surface area contributed by atoms with E-state index in [2.05, 4.69) is 9.97 Å². The van der Waals surface area contributed by atoms with E-state index in [0.29, 0.717) is 17.2 Å². The van der Waals surface area contributed by atoms with E-state index in [9.17, 15) is 9.90 Å². The normalized spacial score (nSPS) is 10.2. The Kier molecular flexibility index (Phi) is 3.84. The molecule has 2 aromatic rings. The van der Waals surface area contributed by atoms with Gasteiger partial charge in [-0.2, -0.15) is 4.98 Å². The van der Waals surface area contributed by atoms with Crippen molar-refractivity contribution in [2.75, 3.05) is 23.9 Å². The lowest BCUT2D eigenvalue weighted by Crippen LogP contribution is -2.26. The fourth-order valence-corrected chi connectivity index (χ4v) is 1.75. The van der Waals surface area contributed by atoms with Gasteiger partial charge in [-0.3, -0.25) is 0 Å². The monoisotopic (exact) mass is 272 g/mol. The van der Waals surface area contributed by atoms with Crippen molar-refractivity contribution in [3.05, 3.63) is 42.1 Å². The van der Waals surface area contributed by atoms with Crippen molar-refractivity contribution in [1.29, 1.82) is 0 Å². The summed E-state index contributed by atoms with van der Waals surface area (Å²) in [5.41, 5.74) is 1.22. The van der Waals surface area contributed by atoms with Gasteiger partial charge in [0.25, 0.3) is 0 Å². The molecule has 0 aliphatic heterocycles. The van der Waals surface area contributed by atoms with Crippen LogP contribution in [-0.4, -0.2) is 35.3 Å². The molecule has 1 aromatic carbocycles. The van der Waals surface area contributed by atoms with Gasteiger partial charge in [0, 0.05) is 25.9 Å². The number of anilines is 3. The fourth-order valence-electron chi connectivity index (χ4n) is 1.75. The average molecular weight is 272 g/mol. The number of carbonyl (C=O) groups is 1. The third-order valence-electron chi connectivity index (χ3n) is 2.69. The molecular weight excluding hydrogens is 256 g/mol. The largest absolute Gasteiger partial charge is 0.464 e. The number of carboxylic acid groups (broad SMARTS) is 1. The van der Waals surface area contributed by atoms with Gasteiger partial charge in [-0.25, -0.2) is 14.7 Å². The van der Waals surface area contributed by atoms with Gasteiger partial charge < -0.3 is 10.0 Å². The molecule has 0 saturated heterocycles. The minimum atomic E-state index is -1.12. The summed E-state index contributed by atoms with van der Waals surface area (Å²) in [5.74, 6) is 0.807. The van der Waals surface area contributed by atoms with E-state index in [-0.39, 0.29) is 5.95 Å². The topological polar surface area (TPSA) is 69.6 Å². The standard InChI is InChI=1S/C14H16N4O2/c1-10-9-12(17(2)3)16-13(15-10)18(14(19)20)11-7-5-4-6-8-11/h4-9H,1-3H3,(H,19,20). The second kappa shape index (κ2) is 5.56. The Morgan fingerprint density at radius 3 is 2.35 bits per heavy atom. The molecule has 0 fully saturated rings. The molecular formula is C14H16N4O2. The second-order valence-electron chi connectivity index (χ2n) is 4.52. The Bertz CT molecular complexity index is 614. The molecule has 0 unspecified atom stereocenters. The van der Waals surface area contributed by atoms with Gasteiger partial charge in [0.1, 0.15) is 5.82 Å². The molecule has 0 aliphatic rings. The van der Waals surface area contributed by atoms with Gasteiger partial charge in [-0.05, 0) is 19.1 Å². The third-order valence-corrected chi connectivity index (χ3v) is 2.69. The summed E-state index contributed by atoms with van der Waals surface area (Å²) in [6.07, 6.45) is -1.12. The molecule has 1 aromatic heterocycles. The van der Waals surface area contributed by atoms with E-state index in [1.807, 2.05) is 32.0 Å². The van der Waals surface area contributed by atoms with E-state index in [1.165, 1.54) is 0 Å². The SMILES string of the molecule is Cc1cc(N(C)C)nc(N(C(=O)O)c2ccccc2)n1. The first kappa shape index (κ1) is 13.8. The molecule has 0 atom stereocenters. The van der Waals surface area contributed by atoms with Crippen LogP contribution in [0.2, 0.25) is 0 Å². The molecule has 0 radical (unpaired) electrons. The number of para-hydroxylation sites is 1. The van der Waals surface area contributed by atoms with Crippen LogP contribution in [0.15, 0.2) is 36.4 Å². The first-order valence-electron chi connectivity index (χ1n) is 6.10. The van der Waals surface area contributed by atoms with Crippen molar-refractivity contribution >= 4 is 23.5 Å². The summed E-state index contributed by atoms with van der Waals surface area (Å²) in [6, 6.07) is 10.6. The van der Waals surface area contributed by atoms with Gasteiger partial charge >= 0.3 is 6.09 Å². The first-order valence-corrected chi connectivity index (χ1v) is 6.10. The highest BCUT2D eigenvalue weighted by Crippen LogP contribution is 2.24. The predicted molar refractivity (Wildman–Crippen MR) is 77.7 cm³/mol. The van der Waals surface area contributed by atoms with E-state index < -0.39 is 6.09 Å². The number of aryl methyl sites for hydroxylation is 1. The fraction of sp³-hybridized carbons (Fsp3) is 0.214. The van der Waals surface area contributed by atoms with E-state index in [1.54, 1.807) is 30.3 Å². The molecule has 0 spiro atoms. The van der Waals surface area contributed by atoms with Crippen LogP contribution in [0.5, 0.6) is 0 Å². The Hall–Kier alpha value is -2.63. The van der Waals surface area contributed by atoms with Crippen molar-refractivity contribution < 1.29 is 9.90 Å². The van der Waals surface area contributed by atoms with E-state index in [4.69, 9.17) is 0 Å². The Morgan fingerprint density at radius 2 is 1.80 bits per heavy atom. The quantitative estimate of drug-likeness (QED) is 0.930. The van der Waals surface area contributed by atoms with Crippen LogP contribution in [0.3, 0.4) is 0 Å². The number of amides is 1. The average Bonchev–Trinajstić information content (AvgIpc) is 2.39. The minimum Gasteiger partial charge on any atom is -0.464 e. The van der Waals surface area contributed by atoms with Crippen molar-refractivity contribution in [1.82, 2.24) is 9.97 Å². The summed E-state index contributed by atoms with van der Waals surface area (Å²) in [7, 11) is 3.69. The maximum atomic E-state index is 11.5. The van der Waals surface area contributed by atoms with Crippen LogP contribution in [-0.2, 0) is 0 Å². The number of hydrogen-bond acceptors (Lipinski definition) is 4. The zero-order chi connectivity index (χ0) is 14.7. The van der Waals surface area contributed by atoms with Crippen molar-refractivity contribution in [3.8, 4) is 0 Å². The van der Waals surface area contributed by atoms with Crippen LogP contribution in [0.25, 0.3) is 0 Å². The highest BCUT2D eigenvalue weighted by Gasteiger charge is 2.20. The summed E-state index contributed by atoms with van der Waals surface area (Å²) in [6.45, 7) is 1.81. The zero-order valence-electron chi connectivity index (χ0n) is 11.6. The summed E-state index contributed by atoms with van der Waals surface area (Å²) in [5, 5.41) is 9.43. The Morgan fingerprint density at radius 1 is 1.15 bits per heavy atom. The summed E-state index contributed by atoms with van der Waals surface area (Å²) in [4.78, 5) is 22.9. The number of rotatable bonds is 3. The molecule has 0 aliphatic carbocycles. The minimum absolute atomic E-state index is 0.146. The van der Waals surface area contributed by atoms with Crippen LogP contribution in [0, 0.1) is 6.92 Å². The van der Waals surface area contributed by atoms with Crippen LogP contribution >= 0.6 is 0 Å². The summed E-state index contributed by atoms with van der Waals surface area (Å²) >= 11 is 0. The predicted octanol–water partition coefficient (Wildman–Crippen LogP) is 2.67. The van der Waals surface area contributed by atoms with Gasteiger partial charge in [0.15, 0.2) is 0 Å². The number of nitrogens with zero attached hydrogens (tertiary/aromatic N) is 4. The lowest BCUT2D eigenvalue weighted by Gasteiger charge is -2.20. The smallest absolute Gasteiger partial charge is 0.418 e. The Balaban J connectivity index is 2.53. The van der Waals surface area contributed by atoms with E-state index >= 15 is 0 Å². The zero-order valence-corrected chi connectivity index (χ0v) is 11.6. The van der Waals surface area contributed by atoms with Gasteiger partial charge in [-0.15, -0.1) is 0 Å². The molecule has 104 valence electrons. The maximum absolute atomic E-state index is 11.5. The van der Waals surface area contributed by atoms with Gasteiger partial charge in [0.2, 0.25) is 5.95 Å². The molecule has 1 N–H and O–H groups in total. The second-order valence-corrected chi connectivity index (χ2v) is 4.52. The highest BCUT2D eigenvalue weighted by molar-refractivity contribution is 5.92. The van der Waals surface area contributed by atoms with Gasteiger partial charge in [-0.1, -0.05) is 18.2 Å². The van der Waals surface area contributed by atoms with Crippen LogP contribution < -0.4 is 9.80 Å². The lowest BCUT2D eigenvalue weighted by atomic mass is 10.3. The van der Waals surface area contributed by atoms with Crippen molar-refractivity contribution in [3.63, 3.8) is 0 Å².